The highest BCUT2D eigenvalue weighted by Crippen LogP contribution is 2.21. The summed E-state index contributed by atoms with van der Waals surface area (Å²) in [6.45, 7) is 0.545. The fourth-order valence-electron chi connectivity index (χ4n) is 1.71. The Morgan fingerprint density at radius 3 is 3.00 bits per heavy atom. The molecular formula is C11H12ClNO3. The molecule has 2 atom stereocenters. The highest BCUT2D eigenvalue weighted by atomic mass is 35.5. The summed E-state index contributed by atoms with van der Waals surface area (Å²) in [7, 11) is 0. The van der Waals surface area contributed by atoms with Crippen molar-refractivity contribution in [2.24, 2.45) is 0 Å². The van der Waals surface area contributed by atoms with E-state index in [-0.39, 0.29) is 6.10 Å². The second-order valence-corrected chi connectivity index (χ2v) is 4.17. The van der Waals surface area contributed by atoms with Crippen molar-refractivity contribution in [2.45, 2.75) is 18.6 Å². The number of nitrogens with one attached hydrogen (secondary N) is 1. The van der Waals surface area contributed by atoms with Crippen LogP contribution in [-0.4, -0.2) is 29.8 Å². The van der Waals surface area contributed by atoms with Gasteiger partial charge in [0.05, 0.1) is 0 Å². The molecular weight excluding hydrogens is 230 g/mol. The van der Waals surface area contributed by atoms with E-state index in [1.165, 1.54) is 0 Å². The van der Waals surface area contributed by atoms with Crippen LogP contribution in [0.3, 0.4) is 0 Å². The van der Waals surface area contributed by atoms with Gasteiger partial charge in [0.2, 0.25) is 0 Å². The molecule has 0 radical (unpaired) electrons. The Morgan fingerprint density at radius 2 is 2.38 bits per heavy atom. The standard InChI is InChI=1S/C11H12ClNO3/c12-7-2-1-3-8(4-7)16-9-5-10(11(14)15)13-6-9/h1-4,9-10,13H,5-6H2,(H,14,15)/t9-,10-/m0/s1. The first kappa shape index (κ1) is 11.2. The maximum atomic E-state index is 10.7. The van der Waals surface area contributed by atoms with Crippen LogP contribution in [0.4, 0.5) is 0 Å². The van der Waals surface area contributed by atoms with Gasteiger partial charge in [-0.15, -0.1) is 0 Å². The molecule has 1 aliphatic heterocycles. The van der Waals surface area contributed by atoms with Crippen molar-refractivity contribution < 1.29 is 14.6 Å². The summed E-state index contributed by atoms with van der Waals surface area (Å²) in [4.78, 5) is 10.7. The SMILES string of the molecule is O=C(O)[C@@H]1C[C@H](Oc2cccc(Cl)c2)CN1. The molecule has 0 aromatic heterocycles. The van der Waals surface area contributed by atoms with E-state index in [1.54, 1.807) is 24.3 Å². The summed E-state index contributed by atoms with van der Waals surface area (Å²) >= 11 is 5.82. The summed E-state index contributed by atoms with van der Waals surface area (Å²) in [5.74, 6) is -0.164. The number of aliphatic carboxylic acids is 1. The molecule has 5 heteroatoms. The predicted octanol–water partition coefficient (Wildman–Crippen LogP) is 1.53. The molecule has 2 rings (SSSR count). The Labute approximate surface area is 98.2 Å². The van der Waals surface area contributed by atoms with Gasteiger partial charge in [0.25, 0.3) is 0 Å². The summed E-state index contributed by atoms with van der Waals surface area (Å²) in [6, 6.07) is 6.58. The maximum absolute atomic E-state index is 10.7. The summed E-state index contributed by atoms with van der Waals surface area (Å²) in [5, 5.41) is 12.3. The number of carbonyl (C=O) groups is 1. The van der Waals surface area contributed by atoms with E-state index in [0.29, 0.717) is 23.7 Å². The maximum Gasteiger partial charge on any atom is 0.320 e. The van der Waals surface area contributed by atoms with Crippen LogP contribution in [0.15, 0.2) is 24.3 Å². The molecule has 0 saturated carbocycles. The van der Waals surface area contributed by atoms with Crippen LogP contribution in [0.25, 0.3) is 0 Å². The van der Waals surface area contributed by atoms with Gasteiger partial charge < -0.3 is 15.2 Å². The monoisotopic (exact) mass is 241 g/mol. The molecule has 2 N–H and O–H groups in total. The third-order valence-corrected chi connectivity index (χ3v) is 2.72. The van der Waals surface area contributed by atoms with E-state index in [4.69, 9.17) is 21.4 Å². The molecule has 0 amide bonds. The summed E-state index contributed by atoms with van der Waals surface area (Å²) < 4.78 is 5.63. The van der Waals surface area contributed by atoms with Gasteiger partial charge in [-0.05, 0) is 18.2 Å². The van der Waals surface area contributed by atoms with Gasteiger partial charge in [-0.25, -0.2) is 0 Å². The number of halogens is 1. The molecule has 0 aliphatic carbocycles. The number of carboxylic acids is 1. The van der Waals surface area contributed by atoms with Gasteiger partial charge >= 0.3 is 5.97 Å². The summed E-state index contributed by atoms with van der Waals surface area (Å²) in [6.07, 6.45) is 0.363. The van der Waals surface area contributed by atoms with Gasteiger partial charge in [-0.3, -0.25) is 4.79 Å². The molecule has 0 spiro atoms. The van der Waals surface area contributed by atoms with Crippen LogP contribution >= 0.6 is 11.6 Å². The van der Waals surface area contributed by atoms with Crippen LogP contribution < -0.4 is 10.1 Å². The lowest BCUT2D eigenvalue weighted by Crippen LogP contribution is -2.30. The van der Waals surface area contributed by atoms with Crippen LogP contribution in [0.5, 0.6) is 5.75 Å². The van der Waals surface area contributed by atoms with Gasteiger partial charge in [0, 0.05) is 18.0 Å². The number of hydrogen-bond donors (Lipinski definition) is 2. The second-order valence-electron chi connectivity index (χ2n) is 3.73. The predicted molar refractivity (Wildman–Crippen MR) is 59.9 cm³/mol. The Balaban J connectivity index is 1.94. The minimum Gasteiger partial charge on any atom is -0.489 e. The fourth-order valence-corrected chi connectivity index (χ4v) is 1.89. The van der Waals surface area contributed by atoms with Crippen LogP contribution in [-0.2, 0) is 4.79 Å². The average molecular weight is 242 g/mol. The third-order valence-electron chi connectivity index (χ3n) is 2.49. The molecule has 4 nitrogen and oxygen atoms in total. The molecule has 0 bridgehead atoms. The van der Waals surface area contributed by atoms with Gasteiger partial charge in [0.1, 0.15) is 17.9 Å². The van der Waals surface area contributed by atoms with Crippen molar-refractivity contribution in [1.29, 1.82) is 0 Å². The molecule has 1 fully saturated rings. The fraction of sp³-hybridized carbons (Fsp3) is 0.364. The molecule has 1 aliphatic rings. The Morgan fingerprint density at radius 1 is 1.56 bits per heavy atom. The molecule has 1 aromatic carbocycles. The van der Waals surface area contributed by atoms with Crippen LogP contribution in [0.2, 0.25) is 5.02 Å². The van der Waals surface area contributed by atoms with E-state index < -0.39 is 12.0 Å². The van der Waals surface area contributed by atoms with Crippen molar-refractivity contribution >= 4 is 17.6 Å². The Bertz CT molecular complexity index is 397. The lowest BCUT2D eigenvalue weighted by molar-refractivity contribution is -0.139. The Kier molecular flexibility index (Phi) is 3.31. The van der Waals surface area contributed by atoms with Crippen LogP contribution in [0.1, 0.15) is 6.42 Å². The van der Waals surface area contributed by atoms with Crippen LogP contribution in [0, 0.1) is 0 Å². The largest absolute Gasteiger partial charge is 0.489 e. The normalized spacial score (nSPS) is 24.3. The van der Waals surface area contributed by atoms with E-state index >= 15 is 0 Å². The second kappa shape index (κ2) is 4.72. The molecule has 1 saturated heterocycles. The number of benzene rings is 1. The van der Waals surface area contributed by atoms with Crippen molar-refractivity contribution in [1.82, 2.24) is 5.32 Å². The summed E-state index contributed by atoms with van der Waals surface area (Å²) in [5.41, 5.74) is 0. The first-order valence-corrected chi connectivity index (χ1v) is 5.41. The zero-order valence-electron chi connectivity index (χ0n) is 8.52. The zero-order chi connectivity index (χ0) is 11.5. The van der Waals surface area contributed by atoms with E-state index in [0.717, 1.165) is 0 Å². The zero-order valence-corrected chi connectivity index (χ0v) is 9.28. The number of rotatable bonds is 3. The van der Waals surface area contributed by atoms with Gasteiger partial charge in [-0.1, -0.05) is 17.7 Å². The number of ether oxygens (including phenoxy) is 1. The van der Waals surface area contributed by atoms with Gasteiger partial charge in [0.15, 0.2) is 0 Å². The smallest absolute Gasteiger partial charge is 0.320 e. The first-order chi connectivity index (χ1) is 7.65. The van der Waals surface area contributed by atoms with Crippen molar-refractivity contribution in [2.75, 3.05) is 6.54 Å². The number of carboxylic acid groups (broad SMARTS) is 1. The third kappa shape index (κ3) is 2.65. The highest BCUT2D eigenvalue weighted by molar-refractivity contribution is 6.30. The van der Waals surface area contributed by atoms with E-state index in [1.807, 2.05) is 0 Å². The molecule has 1 aromatic rings. The minimum atomic E-state index is -0.836. The van der Waals surface area contributed by atoms with E-state index in [9.17, 15) is 4.79 Å². The molecule has 1 heterocycles. The minimum absolute atomic E-state index is 0.112. The number of hydrogen-bond acceptors (Lipinski definition) is 3. The topological polar surface area (TPSA) is 58.6 Å². The quantitative estimate of drug-likeness (QED) is 0.843. The lowest BCUT2D eigenvalue weighted by atomic mass is 10.2. The lowest BCUT2D eigenvalue weighted by Gasteiger charge is -2.12. The molecule has 16 heavy (non-hydrogen) atoms. The van der Waals surface area contributed by atoms with Crippen molar-refractivity contribution in [3.8, 4) is 5.75 Å². The average Bonchev–Trinajstić information content (AvgIpc) is 2.66. The van der Waals surface area contributed by atoms with Gasteiger partial charge in [-0.2, -0.15) is 0 Å². The molecule has 86 valence electrons. The molecule has 0 unspecified atom stereocenters. The Hall–Kier alpha value is -1.26. The van der Waals surface area contributed by atoms with Crippen molar-refractivity contribution in [3.05, 3.63) is 29.3 Å². The highest BCUT2D eigenvalue weighted by Gasteiger charge is 2.30. The van der Waals surface area contributed by atoms with E-state index in [2.05, 4.69) is 5.32 Å². The van der Waals surface area contributed by atoms with Crippen molar-refractivity contribution in [3.63, 3.8) is 0 Å². The first-order valence-electron chi connectivity index (χ1n) is 5.03.